The van der Waals surface area contributed by atoms with Crippen LogP contribution in [0.5, 0.6) is 0 Å². The summed E-state index contributed by atoms with van der Waals surface area (Å²) >= 11 is 11.9. The number of pyridine rings is 1. The SMILES string of the molecule is CC(c1ccc(-c2nc(C(=O)O)no2)cc1Cl)C(O)(c1ccnc(Cl)c1)C(F)(F)F. The van der Waals surface area contributed by atoms with Gasteiger partial charge in [0, 0.05) is 22.7 Å². The minimum Gasteiger partial charge on any atom is -0.475 e. The molecule has 0 aliphatic heterocycles. The van der Waals surface area contributed by atoms with Crippen molar-refractivity contribution in [3.8, 4) is 11.5 Å². The number of carboxylic acids is 1. The maximum atomic E-state index is 14.0. The standard InChI is InChI=1S/C18H12Cl2F3N3O4/c1-8(17(29,18(21,22)23)10-4-5-24-13(20)7-10)11-3-2-9(6-12(11)19)15-25-14(16(27)28)26-30-15/h2-8,29H,1H3,(H,27,28). The lowest BCUT2D eigenvalue weighted by Crippen LogP contribution is -2.46. The van der Waals surface area contributed by atoms with Gasteiger partial charge in [0.05, 0.1) is 0 Å². The van der Waals surface area contributed by atoms with E-state index in [1.54, 1.807) is 0 Å². The van der Waals surface area contributed by atoms with Gasteiger partial charge in [-0.15, -0.1) is 0 Å². The highest BCUT2D eigenvalue weighted by Gasteiger charge is 2.59. The summed E-state index contributed by atoms with van der Waals surface area (Å²) in [5, 5.41) is 22.5. The highest BCUT2D eigenvalue weighted by atomic mass is 35.5. The molecule has 3 rings (SSSR count). The number of carbonyl (C=O) groups is 1. The van der Waals surface area contributed by atoms with Crippen LogP contribution in [-0.2, 0) is 5.60 Å². The van der Waals surface area contributed by atoms with E-state index in [2.05, 4.69) is 15.1 Å². The molecular weight excluding hydrogens is 450 g/mol. The van der Waals surface area contributed by atoms with Crippen molar-refractivity contribution in [3.05, 3.63) is 63.7 Å². The molecule has 0 saturated carbocycles. The summed E-state index contributed by atoms with van der Waals surface area (Å²) < 4.78 is 46.7. The molecule has 0 spiro atoms. The maximum Gasteiger partial charge on any atom is 0.422 e. The van der Waals surface area contributed by atoms with E-state index in [1.807, 2.05) is 0 Å². The molecule has 0 saturated heterocycles. The van der Waals surface area contributed by atoms with Gasteiger partial charge >= 0.3 is 12.1 Å². The summed E-state index contributed by atoms with van der Waals surface area (Å²) in [5.41, 5.74) is -3.64. The number of halogens is 5. The third kappa shape index (κ3) is 3.85. The van der Waals surface area contributed by atoms with Crippen LogP contribution in [0.2, 0.25) is 10.2 Å². The monoisotopic (exact) mass is 461 g/mol. The van der Waals surface area contributed by atoms with Gasteiger partial charge in [-0.25, -0.2) is 9.78 Å². The Kier molecular flexibility index (Phi) is 5.76. The number of aromatic nitrogens is 3. The van der Waals surface area contributed by atoms with Gasteiger partial charge in [-0.05, 0) is 40.5 Å². The van der Waals surface area contributed by atoms with Crippen LogP contribution in [0.15, 0.2) is 41.1 Å². The predicted molar refractivity (Wildman–Crippen MR) is 99.3 cm³/mol. The average molecular weight is 462 g/mol. The summed E-state index contributed by atoms with van der Waals surface area (Å²) in [4.78, 5) is 18.2. The highest BCUT2D eigenvalue weighted by molar-refractivity contribution is 6.31. The largest absolute Gasteiger partial charge is 0.475 e. The fourth-order valence-electron chi connectivity index (χ4n) is 2.96. The highest BCUT2D eigenvalue weighted by Crippen LogP contribution is 2.50. The van der Waals surface area contributed by atoms with Crippen molar-refractivity contribution in [3.63, 3.8) is 0 Å². The van der Waals surface area contributed by atoms with Crippen LogP contribution >= 0.6 is 23.2 Å². The minimum absolute atomic E-state index is 0.0221. The van der Waals surface area contributed by atoms with Gasteiger partial charge in [-0.2, -0.15) is 18.2 Å². The van der Waals surface area contributed by atoms with Crippen LogP contribution < -0.4 is 0 Å². The molecule has 0 bridgehead atoms. The van der Waals surface area contributed by atoms with Crippen LogP contribution in [0.25, 0.3) is 11.5 Å². The molecule has 2 heterocycles. The maximum absolute atomic E-state index is 14.0. The Bertz CT molecular complexity index is 1110. The molecule has 12 heteroatoms. The van der Waals surface area contributed by atoms with Crippen LogP contribution in [0.3, 0.4) is 0 Å². The predicted octanol–water partition coefficient (Wildman–Crippen LogP) is 4.69. The van der Waals surface area contributed by atoms with Gasteiger partial charge in [-0.1, -0.05) is 36.2 Å². The second kappa shape index (κ2) is 7.86. The first kappa shape index (κ1) is 22.0. The molecule has 0 fully saturated rings. The van der Waals surface area contributed by atoms with E-state index in [-0.39, 0.29) is 27.2 Å². The number of nitrogens with zero attached hydrogens (tertiary/aromatic N) is 3. The first-order valence-electron chi connectivity index (χ1n) is 8.23. The lowest BCUT2D eigenvalue weighted by atomic mass is 9.78. The number of benzene rings is 1. The normalized spacial score (nSPS) is 14.9. The molecule has 2 N–H and O–H groups in total. The molecule has 0 amide bonds. The van der Waals surface area contributed by atoms with Crippen LogP contribution in [-0.4, -0.2) is 37.5 Å². The topological polar surface area (TPSA) is 109 Å². The number of aliphatic hydroxyl groups is 1. The zero-order valence-electron chi connectivity index (χ0n) is 15.0. The van der Waals surface area contributed by atoms with Gasteiger partial charge < -0.3 is 14.7 Å². The second-order valence-electron chi connectivity index (χ2n) is 6.32. The third-order valence-electron chi connectivity index (χ3n) is 4.56. The van der Waals surface area contributed by atoms with Crippen molar-refractivity contribution >= 4 is 29.2 Å². The molecule has 30 heavy (non-hydrogen) atoms. The quantitative estimate of drug-likeness (QED) is 0.530. The molecule has 3 aromatic rings. The summed E-state index contributed by atoms with van der Waals surface area (Å²) in [7, 11) is 0. The van der Waals surface area contributed by atoms with Crippen molar-refractivity contribution in [1.29, 1.82) is 0 Å². The Morgan fingerprint density at radius 3 is 2.43 bits per heavy atom. The second-order valence-corrected chi connectivity index (χ2v) is 7.11. The van der Waals surface area contributed by atoms with Gasteiger partial charge in [0.2, 0.25) is 0 Å². The van der Waals surface area contributed by atoms with E-state index in [0.717, 1.165) is 25.3 Å². The molecule has 158 valence electrons. The lowest BCUT2D eigenvalue weighted by Gasteiger charge is -2.37. The molecule has 0 aliphatic carbocycles. The molecule has 2 aromatic heterocycles. The Morgan fingerprint density at radius 2 is 1.90 bits per heavy atom. The molecule has 2 atom stereocenters. The first-order chi connectivity index (χ1) is 13.9. The minimum atomic E-state index is -5.07. The molecule has 1 aromatic carbocycles. The summed E-state index contributed by atoms with van der Waals surface area (Å²) in [6, 6.07) is 5.77. The zero-order chi connectivity index (χ0) is 22.3. The van der Waals surface area contributed by atoms with E-state index < -0.39 is 35.1 Å². The molecule has 2 unspecified atom stereocenters. The molecule has 0 radical (unpaired) electrons. The van der Waals surface area contributed by atoms with Crippen LogP contribution in [0, 0.1) is 0 Å². The van der Waals surface area contributed by atoms with E-state index in [4.69, 9.17) is 32.8 Å². The number of alkyl halides is 3. The number of carboxylic acid groups (broad SMARTS) is 1. The summed E-state index contributed by atoms with van der Waals surface area (Å²) in [6.45, 7) is 1.16. The molecule has 7 nitrogen and oxygen atoms in total. The summed E-state index contributed by atoms with van der Waals surface area (Å²) in [5.74, 6) is -3.72. The van der Waals surface area contributed by atoms with Gasteiger partial charge in [0.1, 0.15) is 5.15 Å². The fourth-order valence-corrected chi connectivity index (χ4v) is 3.48. The van der Waals surface area contributed by atoms with E-state index >= 15 is 0 Å². The van der Waals surface area contributed by atoms with E-state index in [9.17, 15) is 23.1 Å². The summed E-state index contributed by atoms with van der Waals surface area (Å²) in [6.07, 6.45) is -4.01. The fraction of sp³-hybridized carbons (Fsp3) is 0.222. The van der Waals surface area contributed by atoms with Crippen molar-refractivity contribution in [2.75, 3.05) is 0 Å². The van der Waals surface area contributed by atoms with Crippen LogP contribution in [0.1, 0.15) is 34.6 Å². The van der Waals surface area contributed by atoms with Crippen molar-refractivity contribution in [1.82, 2.24) is 15.1 Å². The van der Waals surface area contributed by atoms with E-state index in [1.165, 1.54) is 18.2 Å². The van der Waals surface area contributed by atoms with Gasteiger partial charge in [0.15, 0.2) is 5.60 Å². The molecular formula is C18H12Cl2F3N3O4. The van der Waals surface area contributed by atoms with Crippen molar-refractivity contribution in [2.24, 2.45) is 0 Å². The molecule has 0 aliphatic rings. The van der Waals surface area contributed by atoms with Crippen molar-refractivity contribution < 1.29 is 32.7 Å². The lowest BCUT2D eigenvalue weighted by molar-refractivity contribution is -0.274. The Morgan fingerprint density at radius 1 is 1.20 bits per heavy atom. The van der Waals surface area contributed by atoms with Gasteiger partial charge in [0.25, 0.3) is 11.7 Å². The Hall–Kier alpha value is -2.69. The smallest absolute Gasteiger partial charge is 0.422 e. The number of hydrogen-bond donors (Lipinski definition) is 2. The Balaban J connectivity index is 2.05. The Labute approximate surface area is 177 Å². The first-order valence-corrected chi connectivity index (χ1v) is 8.98. The third-order valence-corrected chi connectivity index (χ3v) is 5.09. The average Bonchev–Trinajstić information content (AvgIpc) is 3.16. The van der Waals surface area contributed by atoms with Crippen molar-refractivity contribution in [2.45, 2.75) is 24.6 Å². The number of rotatable bonds is 5. The number of aromatic carboxylic acids is 1. The van der Waals surface area contributed by atoms with E-state index in [0.29, 0.717) is 0 Å². The number of hydrogen-bond acceptors (Lipinski definition) is 6. The zero-order valence-corrected chi connectivity index (χ0v) is 16.5. The van der Waals surface area contributed by atoms with Crippen LogP contribution in [0.4, 0.5) is 13.2 Å². The van der Waals surface area contributed by atoms with Gasteiger partial charge in [-0.3, -0.25) is 0 Å².